The summed E-state index contributed by atoms with van der Waals surface area (Å²) >= 11 is 0. The molecular formula is C14H20O. The lowest BCUT2D eigenvalue weighted by atomic mass is 9.79. The van der Waals surface area contributed by atoms with Crippen LogP contribution in [0.5, 0.6) is 0 Å². The van der Waals surface area contributed by atoms with Crippen molar-refractivity contribution in [2.24, 2.45) is 11.3 Å². The highest BCUT2D eigenvalue weighted by atomic mass is 16.3. The molecule has 2 bridgehead atoms. The molecule has 0 aromatic heterocycles. The van der Waals surface area contributed by atoms with Gasteiger partial charge in [0.05, 0.1) is 6.61 Å². The van der Waals surface area contributed by atoms with E-state index in [4.69, 9.17) is 0 Å². The Labute approximate surface area is 92.2 Å². The van der Waals surface area contributed by atoms with E-state index in [2.05, 4.69) is 37.3 Å². The Balaban J connectivity index is 2.21. The van der Waals surface area contributed by atoms with Gasteiger partial charge in [0.1, 0.15) is 0 Å². The zero-order chi connectivity index (χ0) is 10.7. The standard InChI is InChI=1S/C14H20O/c1-2-3-7-13-9-12-6-4-5-8-14(13,10-12)11-15/h4-6,8-9,12,15H,2-3,7,10-11H2,1H3. The van der Waals surface area contributed by atoms with Crippen LogP contribution in [0.1, 0.15) is 32.6 Å². The van der Waals surface area contributed by atoms with Crippen LogP contribution in [0.2, 0.25) is 0 Å². The smallest absolute Gasteiger partial charge is 0.0559 e. The molecule has 2 rings (SSSR count). The summed E-state index contributed by atoms with van der Waals surface area (Å²) in [7, 11) is 0. The van der Waals surface area contributed by atoms with Crippen molar-refractivity contribution in [3.63, 3.8) is 0 Å². The minimum absolute atomic E-state index is 0.0384. The summed E-state index contributed by atoms with van der Waals surface area (Å²) in [5.41, 5.74) is 1.42. The van der Waals surface area contributed by atoms with Crippen LogP contribution in [0, 0.1) is 11.3 Å². The lowest BCUT2D eigenvalue weighted by Gasteiger charge is -2.27. The molecule has 0 fully saturated rings. The van der Waals surface area contributed by atoms with Crippen LogP contribution in [0.4, 0.5) is 0 Å². The molecule has 15 heavy (non-hydrogen) atoms. The SMILES string of the molecule is CCCCC1=CC2C=CC=CC1(CO)C2. The fraction of sp³-hybridized carbons (Fsp3) is 0.571. The first-order valence-corrected chi connectivity index (χ1v) is 5.99. The van der Waals surface area contributed by atoms with E-state index in [1.54, 1.807) is 0 Å². The molecule has 1 N–H and O–H groups in total. The molecule has 2 aliphatic carbocycles. The van der Waals surface area contributed by atoms with E-state index in [1.807, 2.05) is 0 Å². The molecule has 0 saturated carbocycles. The Kier molecular flexibility index (Phi) is 3.11. The molecule has 0 spiro atoms. The molecule has 1 heteroatoms. The zero-order valence-electron chi connectivity index (χ0n) is 9.45. The first-order chi connectivity index (χ1) is 7.30. The largest absolute Gasteiger partial charge is 0.395 e. The molecule has 1 nitrogen and oxygen atoms in total. The topological polar surface area (TPSA) is 20.2 Å². The van der Waals surface area contributed by atoms with Crippen molar-refractivity contribution in [2.75, 3.05) is 6.61 Å². The monoisotopic (exact) mass is 204 g/mol. The van der Waals surface area contributed by atoms with Gasteiger partial charge in [0.25, 0.3) is 0 Å². The molecule has 2 aliphatic rings. The third-order valence-corrected chi connectivity index (χ3v) is 3.62. The average Bonchev–Trinajstić information content (AvgIpc) is 2.43. The summed E-state index contributed by atoms with van der Waals surface area (Å²) in [5.74, 6) is 0.541. The second kappa shape index (κ2) is 4.36. The van der Waals surface area contributed by atoms with Gasteiger partial charge < -0.3 is 5.11 Å². The number of hydrogen-bond acceptors (Lipinski definition) is 1. The van der Waals surface area contributed by atoms with E-state index in [-0.39, 0.29) is 12.0 Å². The van der Waals surface area contributed by atoms with Gasteiger partial charge >= 0.3 is 0 Å². The van der Waals surface area contributed by atoms with E-state index < -0.39 is 0 Å². The van der Waals surface area contributed by atoms with Crippen molar-refractivity contribution in [1.29, 1.82) is 0 Å². The quantitative estimate of drug-likeness (QED) is 0.697. The van der Waals surface area contributed by atoms with E-state index in [0.717, 1.165) is 12.8 Å². The van der Waals surface area contributed by atoms with Crippen molar-refractivity contribution in [3.05, 3.63) is 36.0 Å². The average molecular weight is 204 g/mol. The number of fused-ring (bicyclic) bond motifs is 2. The van der Waals surface area contributed by atoms with E-state index in [0.29, 0.717) is 5.92 Å². The van der Waals surface area contributed by atoms with E-state index in [9.17, 15) is 5.11 Å². The second-order valence-corrected chi connectivity index (χ2v) is 4.72. The molecule has 0 aromatic rings. The van der Waals surface area contributed by atoms with Crippen LogP contribution in [-0.4, -0.2) is 11.7 Å². The van der Waals surface area contributed by atoms with Crippen LogP contribution in [0.15, 0.2) is 36.0 Å². The Hall–Kier alpha value is -0.820. The van der Waals surface area contributed by atoms with Crippen molar-refractivity contribution >= 4 is 0 Å². The molecule has 0 radical (unpaired) electrons. The lowest BCUT2D eigenvalue weighted by molar-refractivity contribution is 0.189. The number of rotatable bonds is 4. The van der Waals surface area contributed by atoms with Gasteiger partial charge in [0, 0.05) is 5.41 Å². The molecule has 0 saturated heterocycles. The Morgan fingerprint density at radius 3 is 3.07 bits per heavy atom. The molecule has 0 amide bonds. The maximum Gasteiger partial charge on any atom is 0.0559 e. The number of aliphatic hydroxyl groups excluding tert-OH is 1. The Morgan fingerprint density at radius 1 is 1.47 bits per heavy atom. The van der Waals surface area contributed by atoms with Crippen molar-refractivity contribution < 1.29 is 5.11 Å². The molecule has 0 heterocycles. The minimum atomic E-state index is -0.0384. The predicted octanol–water partition coefficient (Wildman–Crippen LogP) is 3.23. The maximum absolute atomic E-state index is 9.64. The summed E-state index contributed by atoms with van der Waals surface area (Å²) in [4.78, 5) is 0. The molecule has 0 aliphatic heterocycles. The van der Waals surface area contributed by atoms with E-state index >= 15 is 0 Å². The Morgan fingerprint density at radius 2 is 2.33 bits per heavy atom. The predicted molar refractivity (Wildman–Crippen MR) is 63.5 cm³/mol. The van der Waals surface area contributed by atoms with Crippen LogP contribution < -0.4 is 0 Å². The maximum atomic E-state index is 9.64. The van der Waals surface area contributed by atoms with Gasteiger partial charge in [0.15, 0.2) is 0 Å². The third-order valence-electron chi connectivity index (χ3n) is 3.62. The van der Waals surface area contributed by atoms with Gasteiger partial charge in [-0.15, -0.1) is 0 Å². The fourth-order valence-electron chi connectivity index (χ4n) is 2.70. The summed E-state index contributed by atoms with van der Waals surface area (Å²) in [6.07, 6.45) is 15.7. The number of unbranched alkanes of at least 4 members (excludes halogenated alkanes) is 1. The lowest BCUT2D eigenvalue weighted by Crippen LogP contribution is -2.23. The number of allylic oxidation sites excluding steroid dienone is 4. The van der Waals surface area contributed by atoms with Gasteiger partial charge in [-0.25, -0.2) is 0 Å². The first kappa shape index (κ1) is 10.7. The summed E-state index contributed by atoms with van der Waals surface area (Å²) in [6, 6.07) is 0. The molecule has 0 aromatic carbocycles. The van der Waals surface area contributed by atoms with Gasteiger partial charge in [-0.2, -0.15) is 0 Å². The molecule has 82 valence electrons. The first-order valence-electron chi connectivity index (χ1n) is 5.99. The summed E-state index contributed by atoms with van der Waals surface area (Å²) < 4.78 is 0. The van der Waals surface area contributed by atoms with Gasteiger partial charge in [-0.05, 0) is 25.2 Å². The van der Waals surface area contributed by atoms with Crippen LogP contribution in [0.25, 0.3) is 0 Å². The van der Waals surface area contributed by atoms with Crippen LogP contribution in [0.3, 0.4) is 0 Å². The van der Waals surface area contributed by atoms with Crippen molar-refractivity contribution in [1.82, 2.24) is 0 Å². The number of hydrogen-bond donors (Lipinski definition) is 1. The molecule has 2 unspecified atom stereocenters. The molecule has 2 atom stereocenters. The molecular weight excluding hydrogens is 184 g/mol. The number of aliphatic hydroxyl groups is 1. The summed E-state index contributed by atoms with van der Waals surface area (Å²) in [6.45, 7) is 2.48. The third kappa shape index (κ3) is 1.93. The summed E-state index contributed by atoms with van der Waals surface area (Å²) in [5, 5.41) is 9.64. The highest BCUT2D eigenvalue weighted by Crippen LogP contribution is 2.46. The van der Waals surface area contributed by atoms with Gasteiger partial charge in [0.2, 0.25) is 0 Å². The van der Waals surface area contributed by atoms with Crippen LogP contribution >= 0.6 is 0 Å². The Bertz CT molecular complexity index is 311. The normalized spacial score (nSPS) is 32.9. The van der Waals surface area contributed by atoms with E-state index in [1.165, 1.54) is 18.4 Å². The van der Waals surface area contributed by atoms with Crippen molar-refractivity contribution in [2.45, 2.75) is 32.6 Å². The van der Waals surface area contributed by atoms with Gasteiger partial charge in [-0.1, -0.05) is 49.3 Å². The van der Waals surface area contributed by atoms with Gasteiger partial charge in [-0.3, -0.25) is 0 Å². The zero-order valence-corrected chi connectivity index (χ0v) is 9.45. The highest BCUT2D eigenvalue weighted by Gasteiger charge is 2.38. The fourth-order valence-corrected chi connectivity index (χ4v) is 2.70. The second-order valence-electron chi connectivity index (χ2n) is 4.72. The van der Waals surface area contributed by atoms with Crippen molar-refractivity contribution in [3.8, 4) is 0 Å². The highest BCUT2D eigenvalue weighted by molar-refractivity contribution is 5.35. The minimum Gasteiger partial charge on any atom is -0.395 e. The van der Waals surface area contributed by atoms with Crippen LogP contribution in [-0.2, 0) is 0 Å².